The maximum Gasteiger partial charge on any atom is 0.286 e. The molecule has 1 atom stereocenters. The second-order valence-electron chi connectivity index (χ2n) is 5.38. The number of nitrogens with one attached hydrogen (secondary N) is 2. The van der Waals surface area contributed by atoms with Crippen LogP contribution in [0.1, 0.15) is 23.2 Å². The van der Waals surface area contributed by atoms with Crippen molar-refractivity contribution in [1.82, 2.24) is 10.6 Å². The fraction of sp³-hybridized carbons (Fsp3) is 0.533. The zero-order chi connectivity index (χ0) is 16.8. The Morgan fingerprint density at radius 3 is 2.58 bits per heavy atom. The number of halogens is 1. The van der Waals surface area contributed by atoms with Crippen molar-refractivity contribution in [2.75, 3.05) is 33.9 Å². The molecule has 1 heterocycles. The van der Waals surface area contributed by atoms with Gasteiger partial charge >= 0.3 is 0 Å². The van der Waals surface area contributed by atoms with Crippen LogP contribution >= 0.6 is 12.4 Å². The number of hydrogen-bond acceptors (Lipinski definition) is 6. The minimum Gasteiger partial charge on any atom is -0.493 e. The Bertz CT molecular complexity index is 591. The molecule has 1 unspecified atom stereocenters. The van der Waals surface area contributed by atoms with Crippen LogP contribution in [0, 0.1) is 16.0 Å². The molecular formula is C15H22ClN3O5. The zero-order valence-electron chi connectivity index (χ0n) is 13.7. The normalized spacial score (nSPS) is 16.2. The molecule has 9 heteroatoms. The van der Waals surface area contributed by atoms with Gasteiger partial charge in [0.15, 0.2) is 11.5 Å². The lowest BCUT2D eigenvalue weighted by Gasteiger charge is -2.12. The van der Waals surface area contributed by atoms with Crippen LogP contribution in [-0.2, 0) is 0 Å². The highest BCUT2D eigenvalue weighted by molar-refractivity contribution is 5.99. The molecule has 0 spiro atoms. The maximum atomic E-state index is 12.3. The van der Waals surface area contributed by atoms with Gasteiger partial charge in [-0.25, -0.2) is 0 Å². The first-order valence-electron chi connectivity index (χ1n) is 7.46. The number of carbonyl (C=O) groups is 1. The summed E-state index contributed by atoms with van der Waals surface area (Å²) in [4.78, 5) is 22.9. The molecule has 0 radical (unpaired) electrons. The van der Waals surface area contributed by atoms with Crippen molar-refractivity contribution in [3.05, 3.63) is 27.8 Å². The van der Waals surface area contributed by atoms with Crippen LogP contribution in [0.15, 0.2) is 12.1 Å². The van der Waals surface area contributed by atoms with Gasteiger partial charge < -0.3 is 20.1 Å². The number of nitro groups is 1. The summed E-state index contributed by atoms with van der Waals surface area (Å²) in [6, 6.07) is 2.54. The van der Waals surface area contributed by atoms with Gasteiger partial charge in [-0.15, -0.1) is 12.4 Å². The Morgan fingerprint density at radius 1 is 1.38 bits per heavy atom. The monoisotopic (exact) mass is 359 g/mol. The summed E-state index contributed by atoms with van der Waals surface area (Å²) in [5.41, 5.74) is -0.333. The minimum atomic E-state index is -0.599. The van der Waals surface area contributed by atoms with Crippen molar-refractivity contribution in [3.8, 4) is 11.5 Å². The van der Waals surface area contributed by atoms with Gasteiger partial charge in [-0.3, -0.25) is 14.9 Å². The Labute approximate surface area is 146 Å². The first-order valence-corrected chi connectivity index (χ1v) is 7.46. The summed E-state index contributed by atoms with van der Waals surface area (Å²) in [6.07, 6.45) is 1.94. The molecule has 0 aliphatic carbocycles. The van der Waals surface area contributed by atoms with Crippen molar-refractivity contribution in [2.45, 2.75) is 12.8 Å². The lowest BCUT2D eigenvalue weighted by molar-refractivity contribution is -0.385. The van der Waals surface area contributed by atoms with E-state index in [1.807, 2.05) is 0 Å². The van der Waals surface area contributed by atoms with Gasteiger partial charge in [0.1, 0.15) is 5.56 Å². The van der Waals surface area contributed by atoms with E-state index in [9.17, 15) is 14.9 Å². The molecule has 1 fully saturated rings. The van der Waals surface area contributed by atoms with E-state index in [1.54, 1.807) is 0 Å². The van der Waals surface area contributed by atoms with Crippen LogP contribution in [-0.4, -0.2) is 44.7 Å². The molecule has 134 valence electrons. The minimum absolute atomic E-state index is 0. The van der Waals surface area contributed by atoms with Crippen molar-refractivity contribution in [1.29, 1.82) is 0 Å². The topological polar surface area (TPSA) is 103 Å². The number of carbonyl (C=O) groups excluding carboxylic acids is 1. The highest BCUT2D eigenvalue weighted by Crippen LogP contribution is 2.34. The molecule has 24 heavy (non-hydrogen) atoms. The van der Waals surface area contributed by atoms with E-state index in [2.05, 4.69) is 10.6 Å². The van der Waals surface area contributed by atoms with Gasteiger partial charge in [0, 0.05) is 12.6 Å². The second-order valence-corrected chi connectivity index (χ2v) is 5.38. The smallest absolute Gasteiger partial charge is 0.286 e. The van der Waals surface area contributed by atoms with E-state index < -0.39 is 10.8 Å². The molecule has 1 amide bonds. The summed E-state index contributed by atoms with van der Waals surface area (Å²) in [5, 5.41) is 17.2. The fourth-order valence-electron chi connectivity index (χ4n) is 2.65. The number of hydrogen-bond donors (Lipinski definition) is 2. The SMILES string of the molecule is COc1cc(C(=O)NCCC2CCNC2)c([N+](=O)[O-])cc1OC.Cl. The first kappa shape index (κ1) is 20.0. The van der Waals surface area contributed by atoms with E-state index in [4.69, 9.17) is 9.47 Å². The van der Waals surface area contributed by atoms with Gasteiger partial charge in [-0.05, 0) is 31.8 Å². The van der Waals surface area contributed by atoms with Gasteiger partial charge in [0.05, 0.1) is 25.2 Å². The van der Waals surface area contributed by atoms with Crippen LogP contribution in [0.3, 0.4) is 0 Å². The van der Waals surface area contributed by atoms with Gasteiger partial charge in [0.2, 0.25) is 0 Å². The molecule has 1 aliphatic rings. The first-order chi connectivity index (χ1) is 11.1. The van der Waals surface area contributed by atoms with Crippen molar-refractivity contribution in [2.24, 2.45) is 5.92 Å². The summed E-state index contributed by atoms with van der Waals surface area (Å²) >= 11 is 0. The second kappa shape index (κ2) is 9.29. The molecule has 1 saturated heterocycles. The summed E-state index contributed by atoms with van der Waals surface area (Å²) < 4.78 is 10.2. The molecule has 1 aromatic rings. The number of amides is 1. The molecular weight excluding hydrogens is 338 g/mol. The third-order valence-electron chi connectivity index (χ3n) is 3.94. The highest BCUT2D eigenvalue weighted by atomic mass is 35.5. The van der Waals surface area contributed by atoms with Crippen LogP contribution < -0.4 is 20.1 Å². The quantitative estimate of drug-likeness (QED) is 0.568. The average Bonchev–Trinajstić information content (AvgIpc) is 3.06. The number of ether oxygens (including phenoxy) is 2. The van der Waals surface area contributed by atoms with Crippen LogP contribution in [0.25, 0.3) is 0 Å². The molecule has 1 aliphatic heterocycles. The molecule has 0 saturated carbocycles. The van der Waals surface area contributed by atoms with E-state index in [0.29, 0.717) is 12.5 Å². The van der Waals surface area contributed by atoms with Crippen molar-refractivity contribution < 1.29 is 19.2 Å². The van der Waals surface area contributed by atoms with E-state index in [1.165, 1.54) is 26.4 Å². The molecule has 8 nitrogen and oxygen atoms in total. The fourth-order valence-corrected chi connectivity index (χ4v) is 2.65. The number of methoxy groups -OCH3 is 2. The summed E-state index contributed by atoms with van der Waals surface area (Å²) in [5.74, 6) is 0.551. The van der Waals surface area contributed by atoms with Crippen molar-refractivity contribution in [3.63, 3.8) is 0 Å². The van der Waals surface area contributed by atoms with E-state index in [0.717, 1.165) is 25.9 Å². The zero-order valence-corrected chi connectivity index (χ0v) is 14.5. The lowest BCUT2D eigenvalue weighted by atomic mass is 10.1. The Morgan fingerprint density at radius 2 is 2.04 bits per heavy atom. The number of rotatable bonds is 7. The maximum absolute atomic E-state index is 12.3. The molecule has 1 aromatic carbocycles. The van der Waals surface area contributed by atoms with Crippen LogP contribution in [0.2, 0.25) is 0 Å². The third kappa shape index (κ3) is 4.72. The Kier molecular flexibility index (Phi) is 7.73. The average molecular weight is 360 g/mol. The largest absolute Gasteiger partial charge is 0.493 e. The predicted molar refractivity (Wildman–Crippen MR) is 91.4 cm³/mol. The third-order valence-corrected chi connectivity index (χ3v) is 3.94. The van der Waals surface area contributed by atoms with E-state index >= 15 is 0 Å². The van der Waals surface area contributed by atoms with Crippen LogP contribution in [0.4, 0.5) is 5.69 Å². The van der Waals surface area contributed by atoms with Gasteiger partial charge in [-0.1, -0.05) is 0 Å². The number of benzene rings is 1. The molecule has 2 N–H and O–H groups in total. The molecule has 0 aromatic heterocycles. The molecule has 2 rings (SSSR count). The van der Waals surface area contributed by atoms with Gasteiger partial charge in [-0.2, -0.15) is 0 Å². The van der Waals surface area contributed by atoms with E-state index in [-0.39, 0.29) is 35.2 Å². The summed E-state index contributed by atoms with van der Waals surface area (Å²) in [7, 11) is 2.80. The number of nitro benzene ring substituents is 1. The standard InChI is InChI=1S/C15H21N3O5.ClH/c1-22-13-7-11(12(18(20)21)8-14(13)23-2)15(19)17-6-4-10-3-5-16-9-10;/h7-8,10,16H,3-6,9H2,1-2H3,(H,17,19);1H. The lowest BCUT2D eigenvalue weighted by Crippen LogP contribution is -2.27. The number of nitrogens with zero attached hydrogens (tertiary/aromatic N) is 1. The Balaban J connectivity index is 0.00000288. The van der Waals surface area contributed by atoms with Crippen molar-refractivity contribution >= 4 is 24.0 Å². The van der Waals surface area contributed by atoms with Gasteiger partial charge in [0.25, 0.3) is 11.6 Å². The Hall–Kier alpha value is -2.06. The highest BCUT2D eigenvalue weighted by Gasteiger charge is 2.24. The summed E-state index contributed by atoms with van der Waals surface area (Å²) in [6.45, 7) is 2.43. The predicted octanol–water partition coefficient (Wildman–Crippen LogP) is 1.76. The van der Waals surface area contributed by atoms with Crippen LogP contribution in [0.5, 0.6) is 11.5 Å². The molecule has 0 bridgehead atoms.